The summed E-state index contributed by atoms with van der Waals surface area (Å²) < 4.78 is 27.8. The third kappa shape index (κ3) is 2.99. The summed E-state index contributed by atoms with van der Waals surface area (Å²) in [6.07, 6.45) is 0. The van der Waals surface area contributed by atoms with Crippen molar-refractivity contribution >= 4 is 29.1 Å². The fourth-order valence-corrected chi connectivity index (χ4v) is 4.43. The maximum Gasteiger partial charge on any atom is 0.282 e. The van der Waals surface area contributed by atoms with Crippen molar-refractivity contribution < 1.29 is 28.1 Å². The second-order valence-electron chi connectivity index (χ2n) is 8.02. The fourth-order valence-electron chi connectivity index (χ4n) is 4.43. The van der Waals surface area contributed by atoms with Crippen molar-refractivity contribution in [3.63, 3.8) is 0 Å². The summed E-state index contributed by atoms with van der Waals surface area (Å²) >= 11 is 0. The topological polar surface area (TPSA) is 101 Å². The molecule has 0 bridgehead atoms. The summed E-state index contributed by atoms with van der Waals surface area (Å²) in [5.74, 6) is -3.57. The van der Waals surface area contributed by atoms with E-state index in [1.807, 2.05) is 0 Å². The number of amides is 3. The molecule has 0 aliphatic carbocycles. The lowest BCUT2D eigenvalue weighted by atomic mass is 9.86. The molecular formula is C24H15F2N3O5. The van der Waals surface area contributed by atoms with Gasteiger partial charge in [0.25, 0.3) is 23.4 Å². The van der Waals surface area contributed by atoms with Crippen LogP contribution in [0, 0.1) is 28.7 Å². The molecule has 2 atom stereocenters. The van der Waals surface area contributed by atoms with Crippen LogP contribution in [0.2, 0.25) is 0 Å². The summed E-state index contributed by atoms with van der Waals surface area (Å²) in [5, 5.41) is 11.4. The van der Waals surface area contributed by atoms with E-state index in [-0.39, 0.29) is 16.8 Å². The average molecular weight is 463 g/mol. The minimum Gasteiger partial charge on any atom is -0.300 e. The predicted octanol–water partition coefficient (Wildman–Crippen LogP) is 3.93. The maximum absolute atomic E-state index is 14.3. The molecule has 0 aromatic heterocycles. The number of hydrogen-bond donors (Lipinski definition) is 0. The van der Waals surface area contributed by atoms with E-state index in [2.05, 4.69) is 0 Å². The third-order valence-electron chi connectivity index (χ3n) is 6.11. The summed E-state index contributed by atoms with van der Waals surface area (Å²) in [6, 6.07) is 10.7. The van der Waals surface area contributed by atoms with Gasteiger partial charge in [-0.3, -0.25) is 29.4 Å². The molecule has 0 saturated carbocycles. The van der Waals surface area contributed by atoms with Crippen LogP contribution in [-0.4, -0.2) is 33.6 Å². The van der Waals surface area contributed by atoms with E-state index in [1.54, 1.807) is 6.92 Å². The Balaban J connectivity index is 1.61. The molecule has 8 nitrogen and oxygen atoms in total. The summed E-state index contributed by atoms with van der Waals surface area (Å²) in [4.78, 5) is 52.2. The minimum atomic E-state index is -1.35. The molecule has 3 aromatic rings. The normalized spacial score (nSPS) is 19.3. The van der Waals surface area contributed by atoms with E-state index in [9.17, 15) is 33.3 Å². The summed E-state index contributed by atoms with van der Waals surface area (Å²) in [7, 11) is 0. The zero-order valence-electron chi connectivity index (χ0n) is 17.6. The van der Waals surface area contributed by atoms with Crippen molar-refractivity contribution in [2.45, 2.75) is 19.0 Å². The van der Waals surface area contributed by atoms with Gasteiger partial charge >= 0.3 is 0 Å². The summed E-state index contributed by atoms with van der Waals surface area (Å²) in [6.45, 7) is 1.56. The van der Waals surface area contributed by atoms with Crippen molar-refractivity contribution in [2.24, 2.45) is 0 Å². The van der Waals surface area contributed by atoms with E-state index in [1.165, 1.54) is 41.3 Å². The number of halogens is 2. The number of fused-ring (bicyclic) bond motifs is 1. The van der Waals surface area contributed by atoms with Gasteiger partial charge in [0.05, 0.1) is 16.5 Å². The second-order valence-corrected chi connectivity index (χ2v) is 8.02. The van der Waals surface area contributed by atoms with Crippen LogP contribution in [0.25, 0.3) is 0 Å². The zero-order valence-corrected chi connectivity index (χ0v) is 17.6. The van der Waals surface area contributed by atoms with Gasteiger partial charge in [0.1, 0.15) is 23.2 Å². The van der Waals surface area contributed by atoms with Crippen molar-refractivity contribution in [1.29, 1.82) is 0 Å². The van der Waals surface area contributed by atoms with Crippen LogP contribution >= 0.6 is 0 Å². The number of benzene rings is 3. The quantitative estimate of drug-likeness (QED) is 0.253. The number of carbonyl (C=O) groups is 3. The molecule has 2 heterocycles. The second kappa shape index (κ2) is 7.55. The van der Waals surface area contributed by atoms with Crippen LogP contribution in [0.1, 0.15) is 37.9 Å². The Bertz CT molecular complexity index is 1410. The molecule has 170 valence electrons. The van der Waals surface area contributed by atoms with Crippen molar-refractivity contribution in [3.05, 3.63) is 105 Å². The van der Waals surface area contributed by atoms with Crippen LogP contribution in [-0.2, 0) is 4.79 Å². The molecule has 1 saturated heterocycles. The molecule has 3 aromatic carbocycles. The number of imide groups is 1. The van der Waals surface area contributed by atoms with E-state index in [4.69, 9.17) is 0 Å². The highest BCUT2D eigenvalue weighted by molar-refractivity contribution is 6.26. The summed E-state index contributed by atoms with van der Waals surface area (Å²) in [5.41, 5.74) is -0.146. The first-order chi connectivity index (χ1) is 16.2. The van der Waals surface area contributed by atoms with Crippen molar-refractivity contribution in [3.8, 4) is 0 Å². The van der Waals surface area contributed by atoms with Gasteiger partial charge in [-0.15, -0.1) is 0 Å². The number of β-lactam (4-membered cyclic amide) rings is 1. The lowest BCUT2D eigenvalue weighted by Gasteiger charge is -2.49. The molecule has 5 rings (SSSR count). The molecule has 2 aliphatic rings. The first kappa shape index (κ1) is 21.4. The van der Waals surface area contributed by atoms with Crippen LogP contribution in [0.5, 0.6) is 0 Å². The Morgan fingerprint density at radius 2 is 1.59 bits per heavy atom. The molecule has 34 heavy (non-hydrogen) atoms. The van der Waals surface area contributed by atoms with E-state index in [0.29, 0.717) is 16.0 Å². The van der Waals surface area contributed by atoms with Gasteiger partial charge in [0, 0.05) is 11.8 Å². The van der Waals surface area contributed by atoms with E-state index in [0.717, 1.165) is 24.3 Å². The van der Waals surface area contributed by atoms with E-state index < -0.39 is 52.1 Å². The lowest BCUT2D eigenvalue weighted by Crippen LogP contribution is -2.67. The van der Waals surface area contributed by atoms with E-state index >= 15 is 0 Å². The average Bonchev–Trinajstić information content (AvgIpc) is 3.05. The van der Waals surface area contributed by atoms with Crippen LogP contribution < -0.4 is 4.90 Å². The molecule has 0 unspecified atom stereocenters. The molecule has 0 radical (unpaired) electrons. The highest BCUT2D eigenvalue weighted by Gasteiger charge is 2.58. The fraction of sp³-hybridized carbons (Fsp3) is 0.125. The monoisotopic (exact) mass is 463 g/mol. The number of rotatable bonds is 4. The first-order valence-electron chi connectivity index (χ1n) is 10.2. The first-order valence-corrected chi connectivity index (χ1v) is 10.2. The highest BCUT2D eigenvalue weighted by atomic mass is 19.1. The lowest BCUT2D eigenvalue weighted by molar-refractivity contribution is -0.385. The Kier molecular flexibility index (Phi) is 4.75. The highest BCUT2D eigenvalue weighted by Crippen LogP contribution is 2.45. The molecular weight excluding hydrogens is 448 g/mol. The standard InChI is InChI=1S/C24H15F2N3O5/c1-12-5-10-15(11-17(12)26)27-20(13-6-8-14(25)9-7-13)21(24(27)32)28-22(30)16-3-2-4-18(29(33)34)19(16)23(28)31/h2-11,20-21H,1H3/t20-,21-/m1/s1. The van der Waals surface area contributed by atoms with Crippen LogP contribution in [0.4, 0.5) is 20.2 Å². The van der Waals surface area contributed by atoms with Gasteiger partial charge in [-0.2, -0.15) is 0 Å². The Hall–Kier alpha value is -4.47. The van der Waals surface area contributed by atoms with Gasteiger partial charge in [0.15, 0.2) is 0 Å². The molecule has 10 heteroatoms. The van der Waals surface area contributed by atoms with Crippen molar-refractivity contribution in [2.75, 3.05) is 4.90 Å². The largest absolute Gasteiger partial charge is 0.300 e. The smallest absolute Gasteiger partial charge is 0.282 e. The molecule has 2 aliphatic heterocycles. The number of carbonyl (C=O) groups excluding carboxylic acids is 3. The predicted molar refractivity (Wildman–Crippen MR) is 115 cm³/mol. The van der Waals surface area contributed by atoms with Crippen LogP contribution in [0.3, 0.4) is 0 Å². The van der Waals surface area contributed by atoms with Gasteiger partial charge in [-0.1, -0.05) is 24.3 Å². The minimum absolute atomic E-state index is 0.176. The van der Waals surface area contributed by atoms with Gasteiger partial charge in [-0.25, -0.2) is 8.78 Å². The number of nitro groups is 1. The number of nitrogens with zero attached hydrogens (tertiary/aromatic N) is 3. The van der Waals surface area contributed by atoms with Gasteiger partial charge < -0.3 is 4.90 Å². The number of anilines is 1. The molecule has 1 fully saturated rings. The number of hydrogen-bond acceptors (Lipinski definition) is 5. The Morgan fingerprint density at radius 3 is 2.24 bits per heavy atom. The maximum atomic E-state index is 14.3. The number of nitro benzene ring substituents is 1. The Labute approximate surface area is 191 Å². The SMILES string of the molecule is Cc1ccc(N2C(=O)[C@H](N3C(=O)c4cccc([N+](=O)[O-])c4C3=O)[C@H]2c2ccc(F)cc2)cc1F. The number of aryl methyl sites for hydroxylation is 1. The zero-order chi connectivity index (χ0) is 24.3. The van der Waals surface area contributed by atoms with Crippen molar-refractivity contribution in [1.82, 2.24) is 4.90 Å². The third-order valence-corrected chi connectivity index (χ3v) is 6.11. The molecule has 3 amide bonds. The van der Waals surface area contributed by atoms with Gasteiger partial charge in [-0.05, 0) is 48.4 Å². The van der Waals surface area contributed by atoms with Crippen LogP contribution in [0.15, 0.2) is 60.7 Å². The van der Waals surface area contributed by atoms with Gasteiger partial charge in [0.2, 0.25) is 0 Å². The molecule has 0 spiro atoms. The molecule has 0 N–H and O–H groups in total. The Morgan fingerprint density at radius 1 is 0.882 bits per heavy atom.